The summed E-state index contributed by atoms with van der Waals surface area (Å²) >= 11 is 0. The normalized spacial score (nSPS) is 25.7. The molecule has 1 amide bonds. The first-order valence-corrected chi connectivity index (χ1v) is 5.55. The van der Waals surface area contributed by atoms with Crippen LogP contribution in [0.2, 0.25) is 0 Å². The molecule has 0 bridgehead atoms. The highest BCUT2D eigenvalue weighted by atomic mass is 16.1. The van der Waals surface area contributed by atoms with Gasteiger partial charge in [0.2, 0.25) is 5.91 Å². The van der Waals surface area contributed by atoms with E-state index >= 15 is 0 Å². The van der Waals surface area contributed by atoms with Crippen LogP contribution in [0.15, 0.2) is 11.6 Å². The van der Waals surface area contributed by atoms with Crippen LogP contribution in [-0.2, 0) is 4.79 Å². The quantitative estimate of drug-likeness (QED) is 0.657. The number of carbonyl (C=O) groups is 1. The Bertz CT molecular complexity index is 236. The van der Waals surface area contributed by atoms with Gasteiger partial charge in [-0.1, -0.05) is 5.57 Å². The van der Waals surface area contributed by atoms with Crippen LogP contribution >= 0.6 is 0 Å². The molecule has 0 aromatic heterocycles. The van der Waals surface area contributed by atoms with Gasteiger partial charge in [0.1, 0.15) is 0 Å². The molecule has 1 saturated heterocycles. The minimum Gasteiger partial charge on any atom is -0.351 e. The maximum absolute atomic E-state index is 11.4. The van der Waals surface area contributed by atoms with Crippen LogP contribution in [-0.4, -0.2) is 25.0 Å². The minimum atomic E-state index is 0.0911. The molecule has 14 heavy (non-hydrogen) atoms. The molecule has 3 nitrogen and oxygen atoms in total. The second kappa shape index (κ2) is 4.60. The van der Waals surface area contributed by atoms with Gasteiger partial charge in [0.05, 0.1) is 0 Å². The van der Waals surface area contributed by atoms with Crippen molar-refractivity contribution in [2.24, 2.45) is 0 Å². The van der Waals surface area contributed by atoms with Crippen LogP contribution in [0.25, 0.3) is 0 Å². The van der Waals surface area contributed by atoms with Crippen molar-refractivity contribution >= 4 is 5.91 Å². The van der Waals surface area contributed by atoms with Gasteiger partial charge in [0.25, 0.3) is 0 Å². The van der Waals surface area contributed by atoms with Gasteiger partial charge in [0, 0.05) is 18.7 Å². The SMILES string of the molecule is O=C(C=C1CCC1)NCC1CCCN1. The van der Waals surface area contributed by atoms with Crippen LogP contribution in [0, 0.1) is 0 Å². The molecule has 1 aliphatic carbocycles. The number of amides is 1. The van der Waals surface area contributed by atoms with E-state index in [4.69, 9.17) is 0 Å². The van der Waals surface area contributed by atoms with Gasteiger partial charge in [0.15, 0.2) is 0 Å². The maximum atomic E-state index is 11.4. The Labute approximate surface area is 84.9 Å². The summed E-state index contributed by atoms with van der Waals surface area (Å²) in [6, 6.07) is 0.499. The lowest BCUT2D eigenvalue weighted by atomic mass is 9.92. The minimum absolute atomic E-state index is 0.0911. The van der Waals surface area contributed by atoms with E-state index < -0.39 is 0 Å². The topological polar surface area (TPSA) is 41.1 Å². The third-order valence-electron chi connectivity index (χ3n) is 3.02. The zero-order chi connectivity index (χ0) is 9.80. The lowest BCUT2D eigenvalue weighted by molar-refractivity contribution is -0.116. The van der Waals surface area contributed by atoms with Gasteiger partial charge in [-0.25, -0.2) is 0 Å². The van der Waals surface area contributed by atoms with E-state index in [1.165, 1.54) is 24.8 Å². The third-order valence-corrected chi connectivity index (χ3v) is 3.02. The summed E-state index contributed by atoms with van der Waals surface area (Å²) in [7, 11) is 0. The molecule has 0 aromatic carbocycles. The molecule has 1 unspecified atom stereocenters. The monoisotopic (exact) mass is 194 g/mol. The Morgan fingerprint density at radius 2 is 2.36 bits per heavy atom. The van der Waals surface area contributed by atoms with E-state index in [0.29, 0.717) is 6.04 Å². The van der Waals surface area contributed by atoms with Crippen LogP contribution < -0.4 is 10.6 Å². The largest absolute Gasteiger partial charge is 0.351 e. The summed E-state index contributed by atoms with van der Waals surface area (Å²) in [5.74, 6) is 0.0911. The van der Waals surface area contributed by atoms with Gasteiger partial charge in [-0.3, -0.25) is 4.79 Å². The molecular formula is C11H18N2O. The second-order valence-electron chi connectivity index (χ2n) is 4.19. The molecule has 1 atom stereocenters. The molecule has 2 N–H and O–H groups in total. The Kier molecular flexibility index (Phi) is 3.19. The number of hydrogen-bond acceptors (Lipinski definition) is 2. The highest BCUT2D eigenvalue weighted by Crippen LogP contribution is 2.24. The van der Waals surface area contributed by atoms with Crippen LogP contribution in [0.1, 0.15) is 32.1 Å². The first-order chi connectivity index (χ1) is 6.84. The van der Waals surface area contributed by atoms with Crippen LogP contribution in [0.4, 0.5) is 0 Å². The zero-order valence-corrected chi connectivity index (χ0v) is 8.51. The van der Waals surface area contributed by atoms with Gasteiger partial charge in [-0.05, 0) is 38.6 Å². The molecule has 78 valence electrons. The van der Waals surface area contributed by atoms with E-state index in [0.717, 1.165) is 25.9 Å². The molecular weight excluding hydrogens is 176 g/mol. The maximum Gasteiger partial charge on any atom is 0.243 e. The van der Waals surface area contributed by atoms with Crippen LogP contribution in [0.5, 0.6) is 0 Å². The summed E-state index contributed by atoms with van der Waals surface area (Å²) in [4.78, 5) is 11.4. The molecule has 0 radical (unpaired) electrons. The molecule has 2 aliphatic rings. The third kappa shape index (κ3) is 2.58. The average Bonchev–Trinajstić information content (AvgIpc) is 2.60. The number of hydrogen-bond donors (Lipinski definition) is 2. The van der Waals surface area contributed by atoms with Crippen molar-refractivity contribution in [1.29, 1.82) is 0 Å². The molecule has 0 aromatic rings. The molecule has 2 rings (SSSR count). The van der Waals surface area contributed by atoms with E-state index in [2.05, 4.69) is 10.6 Å². The first kappa shape index (κ1) is 9.71. The van der Waals surface area contributed by atoms with Gasteiger partial charge < -0.3 is 10.6 Å². The predicted octanol–water partition coefficient (Wildman–Crippen LogP) is 0.965. The summed E-state index contributed by atoms with van der Waals surface area (Å²) in [5.41, 5.74) is 1.31. The molecule has 1 saturated carbocycles. The fourth-order valence-electron chi connectivity index (χ4n) is 1.92. The number of nitrogens with one attached hydrogen (secondary N) is 2. The van der Waals surface area contributed by atoms with Gasteiger partial charge in [-0.2, -0.15) is 0 Å². The molecule has 0 spiro atoms. The second-order valence-corrected chi connectivity index (χ2v) is 4.19. The number of allylic oxidation sites excluding steroid dienone is 1. The van der Waals surface area contributed by atoms with E-state index in [1.807, 2.05) is 0 Å². The molecule has 2 fully saturated rings. The van der Waals surface area contributed by atoms with Crippen molar-refractivity contribution in [2.75, 3.05) is 13.1 Å². The summed E-state index contributed by atoms with van der Waals surface area (Å²) in [6.07, 6.45) is 7.70. The highest BCUT2D eigenvalue weighted by Gasteiger charge is 2.15. The fraction of sp³-hybridized carbons (Fsp3) is 0.727. The Hall–Kier alpha value is -0.830. The van der Waals surface area contributed by atoms with Crippen molar-refractivity contribution in [1.82, 2.24) is 10.6 Å². The Morgan fingerprint density at radius 1 is 1.50 bits per heavy atom. The zero-order valence-electron chi connectivity index (χ0n) is 8.51. The molecule has 3 heteroatoms. The average molecular weight is 194 g/mol. The van der Waals surface area contributed by atoms with Crippen LogP contribution in [0.3, 0.4) is 0 Å². The number of carbonyl (C=O) groups excluding carboxylic acids is 1. The number of rotatable bonds is 3. The van der Waals surface area contributed by atoms with Gasteiger partial charge >= 0.3 is 0 Å². The van der Waals surface area contributed by atoms with Gasteiger partial charge in [-0.15, -0.1) is 0 Å². The van der Waals surface area contributed by atoms with Crippen molar-refractivity contribution < 1.29 is 4.79 Å². The summed E-state index contributed by atoms with van der Waals surface area (Å²) in [5, 5.41) is 6.30. The fourth-order valence-corrected chi connectivity index (χ4v) is 1.92. The van der Waals surface area contributed by atoms with E-state index in [1.54, 1.807) is 6.08 Å². The lowest BCUT2D eigenvalue weighted by Crippen LogP contribution is -2.36. The first-order valence-electron chi connectivity index (χ1n) is 5.55. The summed E-state index contributed by atoms with van der Waals surface area (Å²) in [6.45, 7) is 1.88. The Morgan fingerprint density at radius 3 is 2.93 bits per heavy atom. The molecule has 1 aliphatic heterocycles. The smallest absolute Gasteiger partial charge is 0.243 e. The Balaban J connectivity index is 1.66. The van der Waals surface area contributed by atoms with Crippen molar-refractivity contribution in [2.45, 2.75) is 38.1 Å². The standard InChI is InChI=1S/C11H18N2O/c14-11(7-9-3-1-4-9)13-8-10-5-2-6-12-10/h7,10,12H,1-6,8H2,(H,13,14). The van der Waals surface area contributed by atoms with Crippen molar-refractivity contribution in [3.63, 3.8) is 0 Å². The highest BCUT2D eigenvalue weighted by molar-refractivity contribution is 5.88. The summed E-state index contributed by atoms with van der Waals surface area (Å²) < 4.78 is 0. The predicted molar refractivity (Wildman–Crippen MR) is 56.0 cm³/mol. The lowest BCUT2D eigenvalue weighted by Gasteiger charge is -2.16. The van der Waals surface area contributed by atoms with E-state index in [-0.39, 0.29) is 5.91 Å². The van der Waals surface area contributed by atoms with Crippen molar-refractivity contribution in [3.05, 3.63) is 11.6 Å². The van der Waals surface area contributed by atoms with Crippen molar-refractivity contribution in [3.8, 4) is 0 Å². The van der Waals surface area contributed by atoms with E-state index in [9.17, 15) is 4.79 Å². The molecule has 1 heterocycles.